The average molecular weight is 278 g/mol. The van der Waals surface area contributed by atoms with Gasteiger partial charge < -0.3 is 15.3 Å². The van der Waals surface area contributed by atoms with Gasteiger partial charge in [0, 0.05) is 36.3 Å². The summed E-state index contributed by atoms with van der Waals surface area (Å²) in [5, 5.41) is 13.2. The van der Waals surface area contributed by atoms with Crippen molar-refractivity contribution in [1.82, 2.24) is 5.32 Å². The average Bonchev–Trinajstić information content (AvgIpc) is 3.00. The Morgan fingerprint density at radius 3 is 2.85 bits per heavy atom. The Hall–Kier alpha value is -1.13. The first-order valence-corrected chi connectivity index (χ1v) is 7.50. The molecule has 4 heteroatoms. The van der Waals surface area contributed by atoms with E-state index in [0.29, 0.717) is 11.8 Å². The number of anilines is 1. The summed E-state index contributed by atoms with van der Waals surface area (Å²) >= 11 is 0. The minimum Gasteiger partial charge on any atom is -0.393 e. The minimum atomic E-state index is -0.177. The van der Waals surface area contributed by atoms with E-state index < -0.39 is 0 Å². The molecule has 1 heterocycles. The standard InChI is InChI=1S/C16H23FN2O/c1-10(18-2)16-13(17)4-3-5-14(16)19-8-11-6-7-15(20)12(11)9-19/h3-5,10-12,15,18,20H,6-9H2,1-2H3. The molecule has 0 spiro atoms. The third-order valence-electron chi connectivity index (χ3n) is 5.06. The van der Waals surface area contributed by atoms with Crippen molar-refractivity contribution in [2.75, 3.05) is 25.0 Å². The lowest BCUT2D eigenvalue weighted by molar-refractivity contribution is 0.133. The normalized spacial score (nSPS) is 30.6. The SMILES string of the molecule is CNC(C)c1c(F)cccc1N1CC2CCC(O)C2C1. The summed E-state index contributed by atoms with van der Waals surface area (Å²) in [6.45, 7) is 3.76. The van der Waals surface area contributed by atoms with Gasteiger partial charge in [-0.3, -0.25) is 0 Å². The predicted molar refractivity (Wildman–Crippen MR) is 78.3 cm³/mol. The highest BCUT2D eigenvalue weighted by molar-refractivity contribution is 5.56. The summed E-state index contributed by atoms with van der Waals surface area (Å²) in [5.74, 6) is 0.768. The monoisotopic (exact) mass is 278 g/mol. The minimum absolute atomic E-state index is 0.0171. The zero-order valence-corrected chi connectivity index (χ0v) is 12.1. The van der Waals surface area contributed by atoms with E-state index in [2.05, 4.69) is 10.2 Å². The van der Waals surface area contributed by atoms with E-state index in [9.17, 15) is 9.50 Å². The highest BCUT2D eigenvalue weighted by Crippen LogP contribution is 2.41. The van der Waals surface area contributed by atoms with Gasteiger partial charge in [-0.25, -0.2) is 4.39 Å². The zero-order valence-electron chi connectivity index (χ0n) is 12.1. The van der Waals surface area contributed by atoms with Gasteiger partial charge in [0.15, 0.2) is 0 Å². The fourth-order valence-electron chi connectivity index (χ4n) is 3.81. The summed E-state index contributed by atoms with van der Waals surface area (Å²) in [4.78, 5) is 2.25. The molecule has 3 nitrogen and oxygen atoms in total. The van der Waals surface area contributed by atoms with Crippen molar-refractivity contribution < 1.29 is 9.50 Å². The Morgan fingerprint density at radius 1 is 1.35 bits per heavy atom. The zero-order chi connectivity index (χ0) is 14.3. The molecule has 20 heavy (non-hydrogen) atoms. The van der Waals surface area contributed by atoms with Crippen molar-refractivity contribution in [2.45, 2.75) is 31.9 Å². The number of hydrogen-bond acceptors (Lipinski definition) is 3. The van der Waals surface area contributed by atoms with E-state index in [1.54, 1.807) is 6.07 Å². The molecule has 0 bridgehead atoms. The molecule has 1 saturated carbocycles. The van der Waals surface area contributed by atoms with Crippen molar-refractivity contribution in [2.24, 2.45) is 11.8 Å². The number of aliphatic hydroxyl groups is 1. The third kappa shape index (κ3) is 2.21. The molecule has 1 aromatic carbocycles. The van der Waals surface area contributed by atoms with Gasteiger partial charge in [-0.1, -0.05) is 6.07 Å². The number of nitrogens with one attached hydrogen (secondary N) is 1. The Morgan fingerprint density at radius 2 is 2.15 bits per heavy atom. The predicted octanol–water partition coefficient (Wildman–Crippen LogP) is 2.31. The van der Waals surface area contributed by atoms with Crippen molar-refractivity contribution >= 4 is 5.69 Å². The van der Waals surface area contributed by atoms with Crippen molar-refractivity contribution in [3.05, 3.63) is 29.6 Å². The molecule has 2 aliphatic rings. The smallest absolute Gasteiger partial charge is 0.130 e. The fourth-order valence-corrected chi connectivity index (χ4v) is 3.81. The maximum absolute atomic E-state index is 14.2. The van der Waals surface area contributed by atoms with Crippen LogP contribution < -0.4 is 10.2 Å². The molecule has 110 valence electrons. The lowest BCUT2D eigenvalue weighted by Gasteiger charge is -2.26. The van der Waals surface area contributed by atoms with E-state index in [-0.39, 0.29) is 18.0 Å². The van der Waals surface area contributed by atoms with Crippen LogP contribution in [-0.4, -0.2) is 31.3 Å². The van der Waals surface area contributed by atoms with Gasteiger partial charge in [-0.05, 0) is 44.9 Å². The molecule has 2 N–H and O–H groups in total. The van der Waals surface area contributed by atoms with Crippen LogP contribution in [0, 0.1) is 17.7 Å². The molecule has 3 rings (SSSR count). The first-order chi connectivity index (χ1) is 9.61. The second-order valence-electron chi connectivity index (χ2n) is 6.16. The van der Waals surface area contributed by atoms with Crippen LogP contribution in [0.25, 0.3) is 0 Å². The highest BCUT2D eigenvalue weighted by Gasteiger charge is 2.42. The second kappa shape index (κ2) is 5.34. The molecule has 4 unspecified atom stereocenters. The Kier molecular flexibility index (Phi) is 3.69. The number of rotatable bonds is 3. The molecular weight excluding hydrogens is 255 g/mol. The lowest BCUT2D eigenvalue weighted by Crippen LogP contribution is -2.27. The summed E-state index contributed by atoms with van der Waals surface area (Å²) < 4.78 is 14.2. The fraction of sp³-hybridized carbons (Fsp3) is 0.625. The molecule has 2 fully saturated rings. The van der Waals surface area contributed by atoms with Crippen LogP contribution in [0.4, 0.5) is 10.1 Å². The van der Waals surface area contributed by atoms with Crippen molar-refractivity contribution in [3.8, 4) is 0 Å². The van der Waals surface area contributed by atoms with Crippen molar-refractivity contribution in [3.63, 3.8) is 0 Å². The van der Waals surface area contributed by atoms with Crippen LogP contribution in [0.2, 0.25) is 0 Å². The number of benzene rings is 1. The van der Waals surface area contributed by atoms with Gasteiger partial charge in [0.25, 0.3) is 0 Å². The van der Waals surface area contributed by atoms with Gasteiger partial charge in [0.2, 0.25) is 0 Å². The van der Waals surface area contributed by atoms with Gasteiger partial charge >= 0.3 is 0 Å². The van der Waals surface area contributed by atoms with E-state index in [1.807, 2.05) is 20.0 Å². The van der Waals surface area contributed by atoms with Crippen LogP contribution in [0.5, 0.6) is 0 Å². The first kappa shape index (κ1) is 13.8. The topological polar surface area (TPSA) is 35.5 Å². The second-order valence-corrected chi connectivity index (χ2v) is 6.16. The Balaban J connectivity index is 1.90. The van der Waals surface area contributed by atoms with Gasteiger partial charge in [-0.15, -0.1) is 0 Å². The summed E-state index contributed by atoms with van der Waals surface area (Å²) in [6, 6.07) is 5.29. The first-order valence-electron chi connectivity index (χ1n) is 7.50. The van der Waals surface area contributed by atoms with E-state index in [4.69, 9.17) is 0 Å². The van der Waals surface area contributed by atoms with E-state index >= 15 is 0 Å². The molecule has 1 aromatic rings. The molecular formula is C16H23FN2O. The summed E-state index contributed by atoms with van der Waals surface area (Å²) in [5.41, 5.74) is 1.72. The van der Waals surface area contributed by atoms with Crippen LogP contribution >= 0.6 is 0 Å². The summed E-state index contributed by atoms with van der Waals surface area (Å²) in [6.07, 6.45) is 1.84. The van der Waals surface area contributed by atoms with E-state index in [0.717, 1.165) is 37.2 Å². The Labute approximate surface area is 119 Å². The number of nitrogens with zero attached hydrogens (tertiary/aromatic N) is 1. The molecule has 1 saturated heterocycles. The highest BCUT2D eigenvalue weighted by atomic mass is 19.1. The van der Waals surface area contributed by atoms with Crippen LogP contribution in [0.1, 0.15) is 31.4 Å². The molecule has 4 atom stereocenters. The number of halogens is 1. The quantitative estimate of drug-likeness (QED) is 0.890. The van der Waals surface area contributed by atoms with Crippen LogP contribution in [0.3, 0.4) is 0 Å². The van der Waals surface area contributed by atoms with Gasteiger partial charge in [-0.2, -0.15) is 0 Å². The molecule has 0 aromatic heterocycles. The van der Waals surface area contributed by atoms with Gasteiger partial charge in [0.1, 0.15) is 5.82 Å². The lowest BCUT2D eigenvalue weighted by atomic mass is 10.00. The number of fused-ring (bicyclic) bond motifs is 1. The maximum atomic E-state index is 14.2. The molecule has 0 radical (unpaired) electrons. The summed E-state index contributed by atoms with van der Waals surface area (Å²) in [7, 11) is 1.85. The number of aliphatic hydroxyl groups excluding tert-OH is 1. The molecule has 1 aliphatic carbocycles. The molecule has 0 amide bonds. The van der Waals surface area contributed by atoms with Crippen LogP contribution in [-0.2, 0) is 0 Å². The molecule has 1 aliphatic heterocycles. The number of hydrogen-bond donors (Lipinski definition) is 2. The van der Waals surface area contributed by atoms with Crippen LogP contribution in [0.15, 0.2) is 18.2 Å². The van der Waals surface area contributed by atoms with Gasteiger partial charge in [0.05, 0.1) is 6.10 Å². The Bertz CT molecular complexity index is 493. The largest absolute Gasteiger partial charge is 0.393 e. The maximum Gasteiger partial charge on any atom is 0.130 e. The van der Waals surface area contributed by atoms with E-state index in [1.165, 1.54) is 6.07 Å². The van der Waals surface area contributed by atoms with Crippen molar-refractivity contribution in [1.29, 1.82) is 0 Å². The third-order valence-corrected chi connectivity index (χ3v) is 5.06.